The molecule has 0 saturated carbocycles. The second-order valence-corrected chi connectivity index (χ2v) is 7.45. The van der Waals surface area contributed by atoms with Crippen LogP contribution in [0.1, 0.15) is 18.4 Å². The van der Waals surface area contributed by atoms with Gasteiger partial charge in [-0.25, -0.2) is 4.68 Å². The molecule has 3 aliphatic heterocycles. The Morgan fingerprint density at radius 2 is 2.00 bits per heavy atom. The Bertz CT molecular complexity index is 1270. The highest BCUT2D eigenvalue weighted by Crippen LogP contribution is 2.24. The van der Waals surface area contributed by atoms with Gasteiger partial charge < -0.3 is 15.1 Å². The first kappa shape index (κ1) is 18.0. The number of rotatable bonds is 2. The Morgan fingerprint density at radius 1 is 1.25 bits per heavy atom. The van der Waals surface area contributed by atoms with Gasteiger partial charge in [-0.15, -0.1) is 0 Å². The molecular formula is C18H17N5O4S. The van der Waals surface area contributed by atoms with Crippen LogP contribution in [0.15, 0.2) is 23.0 Å². The summed E-state index contributed by atoms with van der Waals surface area (Å²) in [5.41, 5.74) is -0.272. The molecule has 1 amide bonds. The zero-order valence-electron chi connectivity index (χ0n) is 14.7. The first-order valence-corrected chi connectivity index (χ1v) is 9.45. The van der Waals surface area contributed by atoms with Crippen molar-refractivity contribution in [3.63, 3.8) is 0 Å². The molecule has 1 aromatic carbocycles. The summed E-state index contributed by atoms with van der Waals surface area (Å²) in [7, 11) is 0. The number of hydrogen-bond acceptors (Lipinski definition) is 7. The van der Waals surface area contributed by atoms with Crippen LogP contribution in [0, 0.1) is 5.41 Å². The van der Waals surface area contributed by atoms with E-state index in [-0.39, 0.29) is 33.2 Å². The third-order valence-electron chi connectivity index (χ3n) is 4.50. The van der Waals surface area contributed by atoms with Gasteiger partial charge in [-0.2, -0.15) is 4.98 Å². The van der Waals surface area contributed by atoms with Crippen LogP contribution in [0.4, 0.5) is 0 Å². The van der Waals surface area contributed by atoms with E-state index >= 15 is 0 Å². The molecule has 0 aliphatic carbocycles. The van der Waals surface area contributed by atoms with Crippen molar-refractivity contribution in [2.75, 3.05) is 13.1 Å². The molecule has 3 heterocycles. The molecule has 3 aliphatic rings. The Balaban J connectivity index is 1.82. The molecule has 1 aromatic rings. The number of phenols is 2. The Labute approximate surface area is 162 Å². The third-order valence-corrected chi connectivity index (χ3v) is 5.39. The number of aromatic nitrogens is 3. The molecule has 0 radical (unpaired) electrons. The summed E-state index contributed by atoms with van der Waals surface area (Å²) in [5.74, 6) is -0.711. The molecule has 0 bridgehead atoms. The number of fused-ring (bicyclic) bond motifs is 1. The number of aromatic hydroxyl groups is 2. The summed E-state index contributed by atoms with van der Waals surface area (Å²) in [6, 6.07) is 4.09. The van der Waals surface area contributed by atoms with Crippen molar-refractivity contribution in [1.82, 2.24) is 19.7 Å². The third kappa shape index (κ3) is 3.29. The summed E-state index contributed by atoms with van der Waals surface area (Å²) in [6.45, 7) is 1.47. The second-order valence-electron chi connectivity index (χ2n) is 6.44. The number of nitrogens with one attached hydrogen (secondary N) is 2. The van der Waals surface area contributed by atoms with Crippen molar-refractivity contribution >= 4 is 29.4 Å². The fourth-order valence-electron chi connectivity index (χ4n) is 3.05. The van der Waals surface area contributed by atoms with Crippen molar-refractivity contribution in [3.8, 4) is 16.6 Å². The van der Waals surface area contributed by atoms with Crippen molar-refractivity contribution in [2.24, 2.45) is 0 Å². The number of benzene rings is 1. The molecule has 1 fully saturated rings. The highest BCUT2D eigenvalue weighted by Gasteiger charge is 2.17. The maximum absolute atomic E-state index is 12.4. The molecule has 4 rings (SSSR count). The van der Waals surface area contributed by atoms with E-state index in [1.807, 2.05) is 0 Å². The number of carbonyl (C=O) groups is 1. The van der Waals surface area contributed by atoms with Gasteiger partial charge in [0.25, 0.3) is 5.56 Å². The van der Waals surface area contributed by atoms with Crippen LogP contribution in [-0.4, -0.2) is 48.9 Å². The smallest absolute Gasteiger partial charge is 0.283 e. The van der Waals surface area contributed by atoms with Crippen LogP contribution in [0.25, 0.3) is 17.3 Å². The van der Waals surface area contributed by atoms with Gasteiger partial charge in [0.1, 0.15) is 4.66 Å². The number of hydrogen-bond donors (Lipinski definition) is 4. The van der Waals surface area contributed by atoms with Crippen molar-refractivity contribution in [1.29, 1.82) is 5.41 Å². The Kier molecular flexibility index (Phi) is 4.47. The number of aromatic amines is 1. The molecule has 9 nitrogen and oxygen atoms in total. The van der Waals surface area contributed by atoms with Crippen molar-refractivity contribution in [3.05, 3.63) is 49.5 Å². The van der Waals surface area contributed by atoms with E-state index in [0.717, 1.165) is 37.3 Å². The highest BCUT2D eigenvalue weighted by molar-refractivity contribution is 7.11. The summed E-state index contributed by atoms with van der Waals surface area (Å²) in [5, 5.41) is 30.6. The summed E-state index contributed by atoms with van der Waals surface area (Å²) in [6.07, 6.45) is 4.85. The van der Waals surface area contributed by atoms with Gasteiger partial charge in [-0.3, -0.25) is 20.1 Å². The summed E-state index contributed by atoms with van der Waals surface area (Å²) >= 11 is 1.12. The first-order valence-electron chi connectivity index (χ1n) is 8.63. The topological polar surface area (TPSA) is 135 Å². The largest absolute Gasteiger partial charge is 0.504 e. The van der Waals surface area contributed by atoms with Crippen molar-refractivity contribution in [2.45, 2.75) is 12.8 Å². The number of nitrogens with zero attached hydrogens (tertiary/aromatic N) is 3. The first-order chi connectivity index (χ1) is 13.4. The van der Waals surface area contributed by atoms with Crippen LogP contribution in [-0.2, 0) is 4.79 Å². The van der Waals surface area contributed by atoms with Gasteiger partial charge >= 0.3 is 0 Å². The van der Waals surface area contributed by atoms with E-state index in [9.17, 15) is 19.8 Å². The number of likely N-dealkylation sites (tertiary alicyclic amines) is 1. The summed E-state index contributed by atoms with van der Waals surface area (Å²) in [4.78, 5) is 30.4. The Morgan fingerprint density at radius 3 is 2.71 bits per heavy atom. The molecular weight excluding hydrogens is 382 g/mol. The van der Waals surface area contributed by atoms with Gasteiger partial charge in [0.2, 0.25) is 11.0 Å². The van der Waals surface area contributed by atoms with Crippen LogP contribution < -0.4 is 20.9 Å². The van der Waals surface area contributed by atoms with E-state index in [0.29, 0.717) is 10.2 Å². The molecule has 10 heteroatoms. The maximum atomic E-state index is 12.4. The molecule has 0 spiro atoms. The number of phenolic OH excluding ortho intramolecular Hbond substituents is 2. The zero-order valence-corrected chi connectivity index (χ0v) is 15.5. The number of H-pyrrole nitrogens is 1. The predicted molar refractivity (Wildman–Crippen MR) is 102 cm³/mol. The standard InChI is InChI=1S/C18H17N5O4S/c19-16-11(7-10-3-4-12(24)13(25)8-10)17(27)20-18-23(16)21-14(28-18)9-15(26)22-5-1-2-6-22/h3-4,7-9,19,21,24-25H,1-2,5-6H2/b11-7-,14-9+,19-16?. The van der Waals surface area contributed by atoms with E-state index < -0.39 is 5.56 Å². The van der Waals surface area contributed by atoms with Crippen LogP contribution >= 0.6 is 11.3 Å². The molecule has 4 N–H and O–H groups in total. The van der Waals surface area contributed by atoms with Gasteiger partial charge in [0, 0.05) is 19.2 Å². The molecule has 0 unspecified atom stereocenters. The van der Waals surface area contributed by atoms with Gasteiger partial charge in [0.05, 0.1) is 5.22 Å². The van der Waals surface area contributed by atoms with E-state index in [4.69, 9.17) is 5.41 Å². The average Bonchev–Trinajstić information content (AvgIpc) is 3.31. The van der Waals surface area contributed by atoms with E-state index in [1.165, 1.54) is 35.0 Å². The lowest BCUT2D eigenvalue weighted by Crippen LogP contribution is -2.47. The van der Waals surface area contributed by atoms with Crippen LogP contribution in [0.3, 0.4) is 0 Å². The van der Waals surface area contributed by atoms with E-state index in [2.05, 4.69) is 10.1 Å². The number of carbonyl (C=O) groups excluding carboxylic acids is 1. The fourth-order valence-corrected chi connectivity index (χ4v) is 3.90. The van der Waals surface area contributed by atoms with Gasteiger partial charge in [-0.05, 0) is 36.6 Å². The predicted octanol–water partition coefficient (Wildman–Crippen LogP) is -0.818. The lowest BCUT2D eigenvalue weighted by Gasteiger charge is -2.10. The fraction of sp³-hybridized carbons (Fsp3) is 0.222. The van der Waals surface area contributed by atoms with Gasteiger partial charge in [0.15, 0.2) is 17.0 Å². The molecule has 0 aromatic heterocycles. The summed E-state index contributed by atoms with van der Waals surface area (Å²) < 4.78 is 1.83. The minimum atomic E-state index is -0.592. The Hall–Kier alpha value is -3.40. The quantitative estimate of drug-likeness (QED) is 0.418. The molecule has 0 atom stereocenters. The minimum absolute atomic E-state index is 0.0223. The van der Waals surface area contributed by atoms with Crippen LogP contribution in [0.5, 0.6) is 11.5 Å². The normalized spacial score (nSPS) is 15.6. The molecule has 144 valence electrons. The van der Waals surface area contributed by atoms with Crippen molar-refractivity contribution < 1.29 is 15.0 Å². The maximum Gasteiger partial charge on any atom is 0.283 e. The molecule has 1 saturated heterocycles. The number of amides is 1. The zero-order chi connectivity index (χ0) is 19.8. The minimum Gasteiger partial charge on any atom is -0.504 e. The second kappa shape index (κ2) is 6.97. The average molecular weight is 399 g/mol. The monoisotopic (exact) mass is 399 g/mol. The lowest BCUT2D eigenvalue weighted by atomic mass is 10.1. The molecule has 28 heavy (non-hydrogen) atoms. The SMILES string of the molecule is N=c1/c(=C/c2ccc(O)c(O)c2)c(=O)nc2s/c(=C/C(=O)N3CCCC3)[nH]n1-2. The van der Waals surface area contributed by atoms with Gasteiger partial charge in [-0.1, -0.05) is 17.4 Å². The highest BCUT2D eigenvalue weighted by atomic mass is 32.1. The van der Waals surface area contributed by atoms with Crippen LogP contribution in [0.2, 0.25) is 0 Å². The van der Waals surface area contributed by atoms with E-state index in [1.54, 1.807) is 4.90 Å². The lowest BCUT2D eigenvalue weighted by molar-refractivity contribution is -0.123.